The van der Waals surface area contributed by atoms with E-state index < -0.39 is 0 Å². The maximum absolute atomic E-state index is 10.8. The van der Waals surface area contributed by atoms with Crippen LogP contribution in [0.5, 0.6) is 0 Å². The SMILES string of the molecule is C#CC(=O)CCC1CCCCO1. The fourth-order valence-electron chi connectivity index (χ4n) is 1.40. The summed E-state index contributed by atoms with van der Waals surface area (Å²) in [5, 5.41) is 0. The van der Waals surface area contributed by atoms with Gasteiger partial charge in [-0.3, -0.25) is 4.79 Å². The summed E-state index contributed by atoms with van der Waals surface area (Å²) >= 11 is 0. The van der Waals surface area contributed by atoms with Crippen molar-refractivity contribution >= 4 is 5.78 Å². The van der Waals surface area contributed by atoms with E-state index in [9.17, 15) is 4.79 Å². The lowest BCUT2D eigenvalue weighted by Crippen LogP contribution is -2.19. The van der Waals surface area contributed by atoms with Crippen LogP contribution in [-0.4, -0.2) is 18.5 Å². The number of ketones is 1. The van der Waals surface area contributed by atoms with Crippen molar-refractivity contribution in [2.75, 3.05) is 6.61 Å². The van der Waals surface area contributed by atoms with Gasteiger partial charge < -0.3 is 4.74 Å². The van der Waals surface area contributed by atoms with Gasteiger partial charge in [0.2, 0.25) is 5.78 Å². The van der Waals surface area contributed by atoms with Crippen molar-refractivity contribution < 1.29 is 9.53 Å². The smallest absolute Gasteiger partial charge is 0.205 e. The summed E-state index contributed by atoms with van der Waals surface area (Å²) in [5.74, 6) is 2.00. The highest BCUT2D eigenvalue weighted by atomic mass is 16.5. The maximum Gasteiger partial charge on any atom is 0.205 e. The molecule has 12 heavy (non-hydrogen) atoms. The Labute approximate surface area is 73.3 Å². The Bertz CT molecular complexity index is 185. The number of carbonyl (C=O) groups is 1. The summed E-state index contributed by atoms with van der Waals surface area (Å²) in [4.78, 5) is 10.8. The molecule has 1 atom stereocenters. The van der Waals surface area contributed by atoms with Crippen LogP contribution >= 0.6 is 0 Å². The van der Waals surface area contributed by atoms with Crippen LogP contribution in [-0.2, 0) is 9.53 Å². The first-order chi connectivity index (χ1) is 5.83. The molecular formula is C10H14O2. The van der Waals surface area contributed by atoms with Crippen LogP contribution in [0.1, 0.15) is 32.1 Å². The highest BCUT2D eigenvalue weighted by Gasteiger charge is 2.14. The van der Waals surface area contributed by atoms with Crippen molar-refractivity contribution in [2.24, 2.45) is 0 Å². The van der Waals surface area contributed by atoms with Gasteiger partial charge in [0.15, 0.2) is 0 Å². The molecule has 2 heteroatoms. The zero-order valence-electron chi connectivity index (χ0n) is 7.21. The molecule has 0 aliphatic carbocycles. The van der Waals surface area contributed by atoms with Gasteiger partial charge in [0, 0.05) is 13.0 Å². The summed E-state index contributed by atoms with van der Waals surface area (Å²) in [5.41, 5.74) is 0. The Morgan fingerprint density at radius 2 is 2.42 bits per heavy atom. The molecule has 0 bridgehead atoms. The lowest BCUT2D eigenvalue weighted by molar-refractivity contribution is -0.114. The number of Topliss-reactive ketones (excluding diaryl/α,β-unsaturated/α-hetero) is 1. The molecule has 0 N–H and O–H groups in total. The van der Waals surface area contributed by atoms with E-state index in [4.69, 9.17) is 11.2 Å². The second-order valence-corrected chi connectivity index (χ2v) is 3.09. The predicted molar refractivity (Wildman–Crippen MR) is 46.7 cm³/mol. The Kier molecular flexibility index (Phi) is 3.83. The fourth-order valence-corrected chi connectivity index (χ4v) is 1.40. The highest BCUT2D eigenvalue weighted by molar-refractivity contribution is 5.94. The number of carbonyl (C=O) groups excluding carboxylic acids is 1. The Morgan fingerprint density at radius 1 is 1.58 bits per heavy atom. The third kappa shape index (κ3) is 3.06. The van der Waals surface area contributed by atoms with E-state index in [1.54, 1.807) is 0 Å². The Hall–Kier alpha value is -0.810. The van der Waals surface area contributed by atoms with Gasteiger partial charge in [-0.05, 0) is 31.6 Å². The van der Waals surface area contributed by atoms with E-state index in [0.29, 0.717) is 6.42 Å². The number of rotatable bonds is 3. The standard InChI is InChI=1S/C10H14O2/c1-2-9(11)6-7-10-5-3-4-8-12-10/h1,10H,3-8H2. The van der Waals surface area contributed by atoms with E-state index in [-0.39, 0.29) is 11.9 Å². The first-order valence-electron chi connectivity index (χ1n) is 4.44. The average molecular weight is 166 g/mol. The van der Waals surface area contributed by atoms with E-state index in [0.717, 1.165) is 25.9 Å². The van der Waals surface area contributed by atoms with E-state index in [1.807, 2.05) is 0 Å². The van der Waals surface area contributed by atoms with Gasteiger partial charge in [0.25, 0.3) is 0 Å². The van der Waals surface area contributed by atoms with Crippen molar-refractivity contribution in [3.05, 3.63) is 0 Å². The lowest BCUT2D eigenvalue weighted by Gasteiger charge is -2.21. The number of ether oxygens (including phenoxy) is 1. The summed E-state index contributed by atoms with van der Waals surface area (Å²) in [6.07, 6.45) is 9.94. The Morgan fingerprint density at radius 3 is 3.00 bits per heavy atom. The van der Waals surface area contributed by atoms with Crippen LogP contribution in [0.4, 0.5) is 0 Å². The minimum absolute atomic E-state index is 0.107. The largest absolute Gasteiger partial charge is 0.378 e. The number of hydrogen-bond acceptors (Lipinski definition) is 2. The van der Waals surface area contributed by atoms with Crippen LogP contribution in [0.15, 0.2) is 0 Å². The molecule has 2 nitrogen and oxygen atoms in total. The molecule has 1 saturated heterocycles. The van der Waals surface area contributed by atoms with Crippen LogP contribution in [0.3, 0.4) is 0 Å². The molecule has 1 rings (SSSR count). The van der Waals surface area contributed by atoms with Crippen LogP contribution in [0, 0.1) is 12.3 Å². The third-order valence-corrected chi connectivity index (χ3v) is 2.13. The molecule has 1 fully saturated rings. The molecule has 0 aromatic heterocycles. The molecule has 0 radical (unpaired) electrons. The molecule has 0 amide bonds. The molecule has 1 heterocycles. The van der Waals surface area contributed by atoms with Crippen LogP contribution in [0.2, 0.25) is 0 Å². The number of hydrogen-bond donors (Lipinski definition) is 0. The fraction of sp³-hybridized carbons (Fsp3) is 0.700. The van der Waals surface area contributed by atoms with Crippen molar-refractivity contribution in [1.29, 1.82) is 0 Å². The summed E-state index contributed by atoms with van der Waals surface area (Å²) in [6, 6.07) is 0. The first kappa shape index (κ1) is 9.28. The summed E-state index contributed by atoms with van der Waals surface area (Å²) in [7, 11) is 0. The van der Waals surface area contributed by atoms with Gasteiger partial charge in [-0.15, -0.1) is 6.42 Å². The van der Waals surface area contributed by atoms with E-state index in [1.165, 1.54) is 6.42 Å². The van der Waals surface area contributed by atoms with E-state index in [2.05, 4.69) is 5.92 Å². The molecule has 1 unspecified atom stereocenters. The topological polar surface area (TPSA) is 26.3 Å². The zero-order valence-corrected chi connectivity index (χ0v) is 7.21. The zero-order chi connectivity index (χ0) is 8.81. The van der Waals surface area contributed by atoms with Crippen molar-refractivity contribution in [3.63, 3.8) is 0 Å². The lowest BCUT2D eigenvalue weighted by atomic mass is 10.0. The van der Waals surface area contributed by atoms with Gasteiger partial charge in [0.1, 0.15) is 0 Å². The van der Waals surface area contributed by atoms with Gasteiger partial charge in [-0.1, -0.05) is 0 Å². The molecule has 1 aliphatic rings. The second-order valence-electron chi connectivity index (χ2n) is 3.09. The normalized spacial score (nSPS) is 23.1. The third-order valence-electron chi connectivity index (χ3n) is 2.13. The molecular weight excluding hydrogens is 152 g/mol. The van der Waals surface area contributed by atoms with Crippen LogP contribution in [0.25, 0.3) is 0 Å². The minimum Gasteiger partial charge on any atom is -0.378 e. The van der Waals surface area contributed by atoms with Crippen molar-refractivity contribution in [3.8, 4) is 12.3 Å². The average Bonchev–Trinajstić information content (AvgIpc) is 2.16. The van der Waals surface area contributed by atoms with Gasteiger partial charge in [-0.2, -0.15) is 0 Å². The monoisotopic (exact) mass is 166 g/mol. The van der Waals surface area contributed by atoms with Gasteiger partial charge >= 0.3 is 0 Å². The number of terminal acetylenes is 1. The van der Waals surface area contributed by atoms with Crippen molar-refractivity contribution in [2.45, 2.75) is 38.2 Å². The molecule has 0 aromatic carbocycles. The molecule has 0 saturated carbocycles. The van der Waals surface area contributed by atoms with Crippen LogP contribution < -0.4 is 0 Å². The summed E-state index contributed by atoms with van der Waals surface area (Å²) in [6.45, 7) is 0.842. The molecule has 0 spiro atoms. The van der Waals surface area contributed by atoms with Gasteiger partial charge in [0.05, 0.1) is 6.10 Å². The van der Waals surface area contributed by atoms with E-state index >= 15 is 0 Å². The highest BCUT2D eigenvalue weighted by Crippen LogP contribution is 2.16. The molecule has 0 aromatic rings. The van der Waals surface area contributed by atoms with Crippen molar-refractivity contribution in [1.82, 2.24) is 0 Å². The second kappa shape index (κ2) is 4.95. The predicted octanol–water partition coefficient (Wildman–Crippen LogP) is 1.54. The summed E-state index contributed by atoms with van der Waals surface area (Å²) < 4.78 is 5.45. The molecule has 66 valence electrons. The quantitative estimate of drug-likeness (QED) is 0.469. The minimum atomic E-state index is -0.107. The maximum atomic E-state index is 10.8. The van der Waals surface area contributed by atoms with Gasteiger partial charge in [-0.25, -0.2) is 0 Å². The Balaban J connectivity index is 2.14. The first-order valence-corrected chi connectivity index (χ1v) is 4.44. The molecule has 1 aliphatic heterocycles.